The van der Waals surface area contributed by atoms with Crippen molar-refractivity contribution in [3.05, 3.63) is 47.4 Å². The van der Waals surface area contributed by atoms with Gasteiger partial charge in [0, 0.05) is 24.8 Å². The molecule has 2 heterocycles. The normalized spacial score (nSPS) is 14.6. The zero-order valence-corrected chi connectivity index (χ0v) is 13.6. The molecule has 1 aliphatic rings. The van der Waals surface area contributed by atoms with Crippen LogP contribution in [0.5, 0.6) is 0 Å². The van der Waals surface area contributed by atoms with Crippen LogP contribution < -0.4 is 10.2 Å². The molecular weight excluding hydrogens is 333 g/mol. The van der Waals surface area contributed by atoms with Crippen LogP contribution in [0.1, 0.15) is 34.7 Å². The molecule has 25 heavy (non-hydrogen) atoms. The van der Waals surface area contributed by atoms with Crippen molar-refractivity contribution in [3.63, 3.8) is 0 Å². The lowest BCUT2D eigenvalue weighted by Crippen LogP contribution is -2.22. The van der Waals surface area contributed by atoms with E-state index >= 15 is 0 Å². The van der Waals surface area contributed by atoms with Crippen molar-refractivity contribution in [3.8, 4) is 0 Å². The number of amides is 1. The first-order valence-corrected chi connectivity index (χ1v) is 7.92. The predicted molar refractivity (Wildman–Crippen MR) is 87.6 cm³/mol. The summed E-state index contributed by atoms with van der Waals surface area (Å²) >= 11 is 0. The van der Waals surface area contributed by atoms with E-state index in [1.807, 2.05) is 0 Å². The Bertz CT molecular complexity index is 768. The number of carbonyl (C=O) groups is 1. The molecule has 1 saturated heterocycles. The largest absolute Gasteiger partial charge is 0.416 e. The van der Waals surface area contributed by atoms with Gasteiger partial charge in [-0.25, -0.2) is 9.97 Å². The van der Waals surface area contributed by atoms with Crippen LogP contribution in [-0.4, -0.2) is 29.0 Å². The Morgan fingerprint density at radius 2 is 1.76 bits per heavy atom. The third-order valence-corrected chi connectivity index (χ3v) is 3.96. The number of hydrogen-bond donors (Lipinski definition) is 1. The number of anilines is 2. The van der Waals surface area contributed by atoms with Gasteiger partial charge < -0.3 is 10.2 Å². The van der Waals surface area contributed by atoms with Crippen LogP contribution in [0.25, 0.3) is 0 Å². The number of aromatic nitrogens is 2. The molecule has 5 nitrogen and oxygen atoms in total. The van der Waals surface area contributed by atoms with Gasteiger partial charge in [0.15, 0.2) is 0 Å². The van der Waals surface area contributed by atoms with E-state index in [-0.39, 0.29) is 11.4 Å². The summed E-state index contributed by atoms with van der Waals surface area (Å²) < 4.78 is 37.7. The molecule has 0 aliphatic carbocycles. The summed E-state index contributed by atoms with van der Waals surface area (Å²) in [5.41, 5.74) is -0.300. The number of alkyl halides is 3. The van der Waals surface area contributed by atoms with Gasteiger partial charge >= 0.3 is 6.18 Å². The first kappa shape index (κ1) is 17.2. The van der Waals surface area contributed by atoms with Gasteiger partial charge in [0.05, 0.1) is 5.56 Å². The summed E-state index contributed by atoms with van der Waals surface area (Å²) in [5, 5.41) is 2.57. The zero-order chi connectivity index (χ0) is 18.0. The smallest absolute Gasteiger partial charge is 0.356 e. The van der Waals surface area contributed by atoms with Crippen LogP contribution in [0.15, 0.2) is 30.3 Å². The van der Waals surface area contributed by atoms with Crippen LogP contribution >= 0.6 is 0 Å². The summed E-state index contributed by atoms with van der Waals surface area (Å²) in [4.78, 5) is 22.9. The highest BCUT2D eigenvalue weighted by atomic mass is 19.4. The Morgan fingerprint density at radius 3 is 2.36 bits per heavy atom. The average Bonchev–Trinajstić information content (AvgIpc) is 3.08. The highest BCUT2D eigenvalue weighted by Gasteiger charge is 2.30. The van der Waals surface area contributed by atoms with Gasteiger partial charge in [-0.15, -0.1) is 0 Å². The van der Waals surface area contributed by atoms with Crippen molar-refractivity contribution in [2.24, 2.45) is 0 Å². The number of hydrogen-bond acceptors (Lipinski definition) is 4. The van der Waals surface area contributed by atoms with Crippen LogP contribution in [0.2, 0.25) is 0 Å². The summed E-state index contributed by atoms with van der Waals surface area (Å²) in [6.45, 7) is 3.47. The highest BCUT2D eigenvalue weighted by molar-refractivity contribution is 6.03. The van der Waals surface area contributed by atoms with Gasteiger partial charge in [0.1, 0.15) is 17.3 Å². The molecule has 3 rings (SSSR count). The predicted octanol–water partition coefficient (Wildman–Crippen LogP) is 3.66. The Hall–Kier alpha value is -2.64. The summed E-state index contributed by atoms with van der Waals surface area (Å²) in [7, 11) is 0. The fourth-order valence-electron chi connectivity index (χ4n) is 2.71. The molecule has 1 aliphatic heterocycles. The maximum Gasteiger partial charge on any atom is 0.416 e. The highest BCUT2D eigenvalue weighted by Crippen LogP contribution is 2.30. The molecule has 1 N–H and O–H groups in total. The van der Waals surface area contributed by atoms with E-state index in [0.29, 0.717) is 11.6 Å². The Morgan fingerprint density at radius 1 is 1.12 bits per heavy atom. The van der Waals surface area contributed by atoms with E-state index in [2.05, 4.69) is 20.2 Å². The lowest BCUT2D eigenvalue weighted by molar-refractivity contribution is -0.137. The Labute approximate surface area is 142 Å². The standard InChI is InChI=1S/C17H17F3N4O/c1-11-21-14(10-15(22-11)24-8-2-3-9-24)16(25)23-13-6-4-12(5-7-13)17(18,19)20/h4-7,10H,2-3,8-9H2,1H3,(H,23,25). The summed E-state index contributed by atoms with van der Waals surface area (Å²) in [5.74, 6) is 0.690. The molecule has 1 aromatic carbocycles. The van der Waals surface area contributed by atoms with E-state index in [9.17, 15) is 18.0 Å². The SMILES string of the molecule is Cc1nc(C(=O)Nc2ccc(C(F)(F)F)cc2)cc(N2CCCC2)n1. The number of nitrogens with one attached hydrogen (secondary N) is 1. The van der Waals surface area contributed by atoms with Gasteiger partial charge in [-0.3, -0.25) is 4.79 Å². The maximum absolute atomic E-state index is 12.6. The van der Waals surface area contributed by atoms with Crippen molar-refractivity contribution in [2.45, 2.75) is 25.9 Å². The van der Waals surface area contributed by atoms with Gasteiger partial charge in [-0.2, -0.15) is 13.2 Å². The van der Waals surface area contributed by atoms with Crippen LogP contribution in [0.4, 0.5) is 24.7 Å². The molecule has 132 valence electrons. The Kier molecular flexibility index (Phi) is 4.61. The van der Waals surface area contributed by atoms with Gasteiger partial charge in [0.2, 0.25) is 0 Å². The van der Waals surface area contributed by atoms with E-state index in [1.54, 1.807) is 13.0 Å². The monoisotopic (exact) mass is 350 g/mol. The fraction of sp³-hybridized carbons (Fsp3) is 0.353. The van der Waals surface area contributed by atoms with Gasteiger partial charge in [-0.05, 0) is 44.0 Å². The van der Waals surface area contributed by atoms with Crippen LogP contribution in [0.3, 0.4) is 0 Å². The van der Waals surface area contributed by atoms with Crippen molar-refractivity contribution < 1.29 is 18.0 Å². The summed E-state index contributed by atoms with van der Waals surface area (Å²) in [6, 6.07) is 5.90. The maximum atomic E-state index is 12.6. The first-order chi connectivity index (χ1) is 11.8. The minimum Gasteiger partial charge on any atom is -0.356 e. The minimum atomic E-state index is -4.41. The van der Waals surface area contributed by atoms with E-state index in [0.717, 1.165) is 38.1 Å². The molecule has 1 amide bonds. The van der Waals surface area contributed by atoms with Crippen LogP contribution in [0, 0.1) is 6.92 Å². The summed E-state index contributed by atoms with van der Waals surface area (Å²) in [6.07, 6.45) is -2.25. The number of carbonyl (C=O) groups excluding carboxylic acids is 1. The van der Waals surface area contributed by atoms with Crippen molar-refractivity contribution >= 4 is 17.4 Å². The van der Waals surface area contributed by atoms with E-state index in [1.165, 1.54) is 12.1 Å². The topological polar surface area (TPSA) is 58.1 Å². The second kappa shape index (κ2) is 6.70. The van der Waals surface area contributed by atoms with Crippen molar-refractivity contribution in [2.75, 3.05) is 23.3 Å². The lowest BCUT2D eigenvalue weighted by Gasteiger charge is -2.17. The second-order valence-electron chi connectivity index (χ2n) is 5.88. The van der Waals surface area contributed by atoms with E-state index in [4.69, 9.17) is 0 Å². The molecular formula is C17H17F3N4O. The van der Waals surface area contributed by atoms with Gasteiger partial charge in [-0.1, -0.05) is 0 Å². The number of nitrogens with zero attached hydrogens (tertiary/aromatic N) is 3. The number of aryl methyl sites for hydroxylation is 1. The van der Waals surface area contributed by atoms with Crippen molar-refractivity contribution in [1.82, 2.24) is 9.97 Å². The zero-order valence-electron chi connectivity index (χ0n) is 13.6. The first-order valence-electron chi connectivity index (χ1n) is 7.92. The third kappa shape index (κ3) is 4.07. The molecule has 0 saturated carbocycles. The third-order valence-electron chi connectivity index (χ3n) is 3.96. The second-order valence-corrected chi connectivity index (χ2v) is 5.88. The molecule has 1 fully saturated rings. The number of halogens is 3. The molecule has 2 aromatic rings. The molecule has 0 radical (unpaired) electrons. The Balaban J connectivity index is 1.76. The van der Waals surface area contributed by atoms with E-state index < -0.39 is 17.6 Å². The molecule has 0 spiro atoms. The number of benzene rings is 1. The van der Waals surface area contributed by atoms with Crippen molar-refractivity contribution in [1.29, 1.82) is 0 Å². The molecule has 0 unspecified atom stereocenters. The molecule has 8 heteroatoms. The fourth-order valence-corrected chi connectivity index (χ4v) is 2.71. The quantitative estimate of drug-likeness (QED) is 0.918. The van der Waals surface area contributed by atoms with Crippen LogP contribution in [-0.2, 0) is 6.18 Å². The average molecular weight is 350 g/mol. The minimum absolute atomic E-state index is 0.189. The number of rotatable bonds is 3. The lowest BCUT2D eigenvalue weighted by atomic mass is 10.2. The molecule has 0 atom stereocenters. The molecule has 1 aromatic heterocycles. The molecule has 0 bridgehead atoms. The van der Waals surface area contributed by atoms with Gasteiger partial charge in [0.25, 0.3) is 5.91 Å².